The fraction of sp³-hybridized carbons (Fsp3) is 0.273. The maximum Gasteiger partial charge on any atom is 0.122 e. The van der Waals surface area contributed by atoms with Crippen LogP contribution in [0.1, 0.15) is 49.9 Å². The lowest BCUT2D eigenvalue weighted by Gasteiger charge is -2.26. The average molecular weight is 513 g/mol. The molecule has 0 unspecified atom stereocenters. The van der Waals surface area contributed by atoms with Crippen LogP contribution in [0.2, 0.25) is 0 Å². The van der Waals surface area contributed by atoms with Gasteiger partial charge in [-0.1, -0.05) is 76.2 Å². The zero-order chi connectivity index (χ0) is 27.3. The van der Waals surface area contributed by atoms with E-state index in [0.29, 0.717) is 11.5 Å². The molecule has 3 N–H and O–H groups in total. The summed E-state index contributed by atoms with van der Waals surface area (Å²) in [6, 6.07) is 30.2. The van der Waals surface area contributed by atoms with E-state index in [4.69, 9.17) is 9.47 Å². The van der Waals surface area contributed by atoms with Gasteiger partial charge in [0.15, 0.2) is 0 Å². The van der Waals surface area contributed by atoms with Crippen LogP contribution >= 0.6 is 0 Å². The van der Waals surface area contributed by atoms with Gasteiger partial charge in [-0.25, -0.2) is 0 Å². The Bertz CT molecular complexity index is 1200. The monoisotopic (exact) mass is 512 g/mol. The summed E-state index contributed by atoms with van der Waals surface area (Å²) in [5.74, 6) is 1.86. The molecule has 0 aliphatic carbocycles. The van der Waals surface area contributed by atoms with Gasteiger partial charge in [0.05, 0.1) is 0 Å². The van der Waals surface area contributed by atoms with Crippen LogP contribution in [0.3, 0.4) is 0 Å². The Hall–Kier alpha value is -3.96. The molecule has 0 saturated carbocycles. The zero-order valence-corrected chi connectivity index (χ0v) is 22.4. The predicted molar refractivity (Wildman–Crippen MR) is 150 cm³/mol. The number of phenols is 2. The number of hydrogen-bond donors (Lipinski definition) is 3. The fourth-order valence-corrected chi connectivity index (χ4v) is 4.46. The van der Waals surface area contributed by atoms with Gasteiger partial charge in [0.25, 0.3) is 0 Å². The number of aliphatic hydroxyl groups excluding tert-OH is 1. The molecule has 0 atom stereocenters. The molecule has 4 aromatic carbocycles. The Kier molecular flexibility index (Phi) is 7.98. The molecular formula is C33H36O5. The van der Waals surface area contributed by atoms with Crippen molar-refractivity contribution in [2.45, 2.75) is 44.6 Å². The van der Waals surface area contributed by atoms with Gasteiger partial charge >= 0.3 is 0 Å². The SMILES string of the molecule is CC(C)(c1ccc(O)cc1)c1ccc(OCC(O)COc2ccc(C(C)(C)c3ccc(O)cc3)cc2)cc1. The van der Waals surface area contributed by atoms with Crippen LogP contribution in [-0.2, 0) is 10.8 Å². The van der Waals surface area contributed by atoms with Crippen LogP contribution in [0, 0.1) is 0 Å². The normalized spacial score (nSPS) is 11.9. The van der Waals surface area contributed by atoms with Crippen molar-refractivity contribution in [3.05, 3.63) is 119 Å². The van der Waals surface area contributed by atoms with Crippen molar-refractivity contribution < 1.29 is 24.8 Å². The second kappa shape index (κ2) is 11.2. The van der Waals surface area contributed by atoms with E-state index in [1.807, 2.05) is 72.8 Å². The Balaban J connectivity index is 1.28. The van der Waals surface area contributed by atoms with Crippen LogP contribution in [0.15, 0.2) is 97.1 Å². The summed E-state index contributed by atoms with van der Waals surface area (Å²) in [4.78, 5) is 0. The van der Waals surface area contributed by atoms with Gasteiger partial charge in [0.2, 0.25) is 0 Å². The molecule has 0 radical (unpaired) electrons. The Labute approximate surface area is 224 Å². The Morgan fingerprint density at radius 2 is 0.763 bits per heavy atom. The number of aromatic hydroxyl groups is 2. The minimum absolute atomic E-state index is 0.118. The van der Waals surface area contributed by atoms with Crippen LogP contribution < -0.4 is 9.47 Å². The van der Waals surface area contributed by atoms with E-state index < -0.39 is 6.10 Å². The Morgan fingerprint density at radius 3 is 1.05 bits per heavy atom. The summed E-state index contributed by atoms with van der Waals surface area (Å²) < 4.78 is 11.6. The van der Waals surface area contributed by atoms with Gasteiger partial charge in [0, 0.05) is 10.8 Å². The Morgan fingerprint density at radius 1 is 0.500 bits per heavy atom. The number of rotatable bonds is 10. The molecule has 38 heavy (non-hydrogen) atoms. The minimum atomic E-state index is -0.781. The molecule has 4 rings (SSSR count). The summed E-state index contributed by atoms with van der Waals surface area (Å²) in [6.45, 7) is 8.78. The lowest BCUT2D eigenvalue weighted by Crippen LogP contribution is -2.25. The topological polar surface area (TPSA) is 79.2 Å². The van der Waals surface area contributed by atoms with Crippen LogP contribution in [0.4, 0.5) is 0 Å². The van der Waals surface area contributed by atoms with E-state index in [1.165, 1.54) is 0 Å². The predicted octanol–water partition coefficient (Wildman–Crippen LogP) is 6.57. The molecule has 5 heteroatoms. The molecule has 0 saturated heterocycles. The summed E-state index contributed by atoms with van der Waals surface area (Å²) in [6.07, 6.45) is -0.781. The van der Waals surface area contributed by atoms with E-state index in [2.05, 4.69) is 27.7 Å². The fourth-order valence-electron chi connectivity index (χ4n) is 4.46. The zero-order valence-electron chi connectivity index (χ0n) is 22.4. The summed E-state index contributed by atoms with van der Waals surface area (Å²) in [5, 5.41) is 29.5. The van der Waals surface area contributed by atoms with Crippen molar-refractivity contribution in [2.24, 2.45) is 0 Å². The van der Waals surface area contributed by atoms with Crippen molar-refractivity contribution in [1.29, 1.82) is 0 Å². The van der Waals surface area contributed by atoms with Crippen molar-refractivity contribution in [2.75, 3.05) is 13.2 Å². The van der Waals surface area contributed by atoms with Gasteiger partial charge in [-0.15, -0.1) is 0 Å². The second-order valence-corrected chi connectivity index (χ2v) is 10.7. The van der Waals surface area contributed by atoms with Crippen molar-refractivity contribution >= 4 is 0 Å². The molecule has 0 fully saturated rings. The lowest BCUT2D eigenvalue weighted by atomic mass is 9.78. The maximum atomic E-state index is 10.4. The molecule has 5 nitrogen and oxygen atoms in total. The van der Waals surface area contributed by atoms with Crippen LogP contribution in [-0.4, -0.2) is 34.6 Å². The van der Waals surface area contributed by atoms with Gasteiger partial charge in [-0.3, -0.25) is 0 Å². The van der Waals surface area contributed by atoms with Gasteiger partial charge < -0.3 is 24.8 Å². The smallest absolute Gasteiger partial charge is 0.122 e. The average Bonchev–Trinajstić information content (AvgIpc) is 2.91. The number of ether oxygens (including phenoxy) is 2. The highest BCUT2D eigenvalue weighted by atomic mass is 16.5. The van der Waals surface area contributed by atoms with E-state index in [9.17, 15) is 15.3 Å². The highest BCUT2D eigenvalue weighted by Gasteiger charge is 2.24. The highest BCUT2D eigenvalue weighted by molar-refractivity contribution is 5.43. The summed E-state index contributed by atoms with van der Waals surface area (Å²) >= 11 is 0. The third kappa shape index (κ3) is 6.29. The second-order valence-electron chi connectivity index (χ2n) is 10.7. The molecule has 0 heterocycles. The molecule has 198 valence electrons. The third-order valence-electron chi connectivity index (χ3n) is 7.21. The van der Waals surface area contributed by atoms with Gasteiger partial charge in [-0.2, -0.15) is 0 Å². The van der Waals surface area contributed by atoms with Crippen molar-refractivity contribution in [3.63, 3.8) is 0 Å². The number of hydrogen-bond acceptors (Lipinski definition) is 5. The van der Waals surface area contributed by atoms with Crippen LogP contribution in [0.5, 0.6) is 23.0 Å². The highest BCUT2D eigenvalue weighted by Crippen LogP contribution is 2.34. The maximum absolute atomic E-state index is 10.4. The van der Waals surface area contributed by atoms with Crippen molar-refractivity contribution in [3.8, 4) is 23.0 Å². The minimum Gasteiger partial charge on any atom is -0.508 e. The standard InChI is InChI=1S/C33H36O5/c1-32(2,23-5-13-27(34)14-6-23)25-9-17-30(18-10-25)37-21-29(36)22-38-31-19-11-26(12-20-31)33(3,4)24-7-15-28(35)16-8-24/h5-20,29,34-36H,21-22H2,1-4H3. The van der Waals surface area contributed by atoms with Gasteiger partial charge in [0.1, 0.15) is 42.3 Å². The van der Waals surface area contributed by atoms with E-state index in [-0.39, 0.29) is 35.5 Å². The number of benzene rings is 4. The lowest BCUT2D eigenvalue weighted by molar-refractivity contribution is 0.0626. The molecule has 0 bridgehead atoms. The summed E-state index contributed by atoms with van der Waals surface area (Å²) in [7, 11) is 0. The molecule has 0 amide bonds. The van der Waals surface area contributed by atoms with E-state index in [1.54, 1.807) is 24.3 Å². The molecule has 0 aliphatic rings. The molecular weight excluding hydrogens is 476 g/mol. The molecule has 4 aromatic rings. The first-order valence-electron chi connectivity index (χ1n) is 12.8. The quantitative estimate of drug-likeness (QED) is 0.224. The van der Waals surface area contributed by atoms with Gasteiger partial charge in [-0.05, 0) is 70.8 Å². The largest absolute Gasteiger partial charge is 0.508 e. The van der Waals surface area contributed by atoms with Crippen LogP contribution in [0.25, 0.3) is 0 Å². The first-order valence-corrected chi connectivity index (χ1v) is 12.8. The first-order chi connectivity index (χ1) is 18.1. The first kappa shape index (κ1) is 27.1. The number of aliphatic hydroxyl groups is 1. The van der Waals surface area contributed by atoms with E-state index in [0.717, 1.165) is 22.3 Å². The third-order valence-corrected chi connectivity index (χ3v) is 7.21. The molecule has 0 aliphatic heterocycles. The summed E-state index contributed by atoms with van der Waals surface area (Å²) in [5.41, 5.74) is 4.00. The molecule has 0 spiro atoms. The van der Waals surface area contributed by atoms with E-state index >= 15 is 0 Å². The van der Waals surface area contributed by atoms with Crippen molar-refractivity contribution in [1.82, 2.24) is 0 Å². The molecule has 0 aromatic heterocycles. The number of phenolic OH excluding ortho intramolecular Hbond substituents is 2.